The van der Waals surface area contributed by atoms with Gasteiger partial charge in [0.2, 0.25) is 5.70 Å². The van der Waals surface area contributed by atoms with Gasteiger partial charge in [-0.15, -0.1) is 0 Å². The summed E-state index contributed by atoms with van der Waals surface area (Å²) in [4.78, 5) is 25.1. The lowest BCUT2D eigenvalue weighted by Gasteiger charge is -2.29. The minimum Gasteiger partial charge on any atom is -0.344 e. The van der Waals surface area contributed by atoms with Gasteiger partial charge in [0.25, 0.3) is 11.4 Å². The van der Waals surface area contributed by atoms with E-state index in [1.54, 1.807) is 18.2 Å². The van der Waals surface area contributed by atoms with Crippen LogP contribution in [-0.4, -0.2) is 33.2 Å². The maximum Gasteiger partial charge on any atom is 0.269 e. The van der Waals surface area contributed by atoms with Gasteiger partial charge in [0.15, 0.2) is 5.71 Å². The Balaban J connectivity index is 1.54. The van der Waals surface area contributed by atoms with Gasteiger partial charge in [-0.05, 0) is 69.4 Å². The molecule has 0 unspecified atom stereocenters. The lowest BCUT2D eigenvalue weighted by molar-refractivity contribution is -0.470. The molecule has 0 saturated heterocycles. The second-order valence-corrected chi connectivity index (χ2v) is 15.4. The predicted molar refractivity (Wildman–Crippen MR) is 195 cm³/mol. The molecule has 2 heterocycles. The van der Waals surface area contributed by atoms with Crippen LogP contribution in [0.4, 0.5) is 11.4 Å². The van der Waals surface area contributed by atoms with Gasteiger partial charge >= 0.3 is 0 Å². The third kappa shape index (κ3) is 7.28. The summed E-state index contributed by atoms with van der Waals surface area (Å²) in [6.07, 6.45) is 25.4. The molecule has 1 aromatic rings. The van der Waals surface area contributed by atoms with E-state index in [4.69, 9.17) is 0 Å². The highest BCUT2D eigenvalue weighted by Crippen LogP contribution is 2.49. The van der Waals surface area contributed by atoms with Crippen LogP contribution in [0.1, 0.15) is 117 Å². The monoisotopic (exact) mass is 655 g/mol. The largest absolute Gasteiger partial charge is 0.344 e. The van der Waals surface area contributed by atoms with Crippen LogP contribution in [0.5, 0.6) is 0 Å². The normalized spacial score (nSPS) is 23.9. The zero-order valence-electron chi connectivity index (χ0n) is 29.8. The number of rotatable bonds is 11. The van der Waals surface area contributed by atoms with Crippen molar-refractivity contribution in [3.05, 3.63) is 104 Å². The topological polar surface area (TPSA) is 92.5 Å². The third-order valence-electron chi connectivity index (χ3n) is 11.6. The van der Waals surface area contributed by atoms with Crippen LogP contribution in [0, 0.1) is 37.5 Å². The lowest BCUT2D eigenvalue weighted by Crippen LogP contribution is -2.28. The Morgan fingerprint density at radius 1 is 0.958 bits per heavy atom. The molecule has 1 aromatic carbocycles. The third-order valence-corrected chi connectivity index (χ3v) is 11.6. The molecule has 0 aromatic heterocycles. The Morgan fingerprint density at radius 3 is 2.17 bits per heavy atom. The number of allylic oxidation sites excluding steroid dienone is 7. The van der Waals surface area contributed by atoms with Crippen LogP contribution in [0.25, 0.3) is 0 Å². The Hall–Kier alpha value is -3.81. The van der Waals surface area contributed by atoms with Gasteiger partial charge in [-0.2, -0.15) is 4.58 Å². The summed E-state index contributed by atoms with van der Waals surface area (Å²) in [5, 5.41) is 23.4. The molecule has 0 atom stereocenters. The maximum absolute atomic E-state index is 11.8. The lowest BCUT2D eigenvalue weighted by atomic mass is 9.80. The van der Waals surface area contributed by atoms with E-state index in [0.717, 1.165) is 59.9 Å². The van der Waals surface area contributed by atoms with E-state index in [9.17, 15) is 20.2 Å². The number of hydrogen-bond acceptors (Lipinski definition) is 5. The van der Waals surface area contributed by atoms with Gasteiger partial charge in [-0.1, -0.05) is 84.1 Å². The molecule has 0 amide bonds. The van der Waals surface area contributed by atoms with Crippen molar-refractivity contribution < 1.29 is 14.4 Å². The number of nitro benzene ring substituents is 1. The van der Waals surface area contributed by atoms with Crippen LogP contribution in [0.3, 0.4) is 0 Å². The molecule has 5 rings (SSSR count). The van der Waals surface area contributed by atoms with Gasteiger partial charge in [0.1, 0.15) is 6.54 Å². The Bertz CT molecular complexity index is 1580. The smallest absolute Gasteiger partial charge is 0.269 e. The standard InChI is InChI=1S/C40H55N4O4/c1-7-35-33(27-29(2)43(45)46)39(3,4)37(41(35)25-23-30-15-10-8-11-16-30)19-14-20-38-40(5,6)34-28-32(44(47)48)21-22-36(34)42(38)26-24-31-17-12-9-13-18-31/h7,14,19-22,27-28,30-31H,2,8-13,15-18,23-26H2,1,3-6H3/q+1/b33-27+,35-7+. The highest BCUT2D eigenvalue weighted by Gasteiger charge is 2.48. The average molecular weight is 656 g/mol. The first kappa shape index (κ1) is 35.5. The first-order chi connectivity index (χ1) is 22.9. The summed E-state index contributed by atoms with van der Waals surface area (Å²) >= 11 is 0. The average Bonchev–Trinajstić information content (AvgIpc) is 3.40. The van der Waals surface area contributed by atoms with Crippen molar-refractivity contribution in [1.82, 2.24) is 0 Å². The molecule has 48 heavy (non-hydrogen) atoms. The van der Waals surface area contributed by atoms with Crippen molar-refractivity contribution in [1.29, 1.82) is 0 Å². The van der Waals surface area contributed by atoms with Crippen LogP contribution >= 0.6 is 0 Å². The van der Waals surface area contributed by atoms with E-state index in [1.807, 2.05) is 13.0 Å². The molecule has 2 fully saturated rings. The fourth-order valence-corrected chi connectivity index (χ4v) is 8.72. The Morgan fingerprint density at radius 2 is 1.58 bits per heavy atom. The molecule has 8 nitrogen and oxygen atoms in total. The number of anilines is 1. The maximum atomic E-state index is 11.8. The van der Waals surface area contributed by atoms with Gasteiger partial charge in [-0.3, -0.25) is 20.2 Å². The highest BCUT2D eigenvalue weighted by molar-refractivity contribution is 6.00. The summed E-state index contributed by atoms with van der Waals surface area (Å²) in [7, 11) is 0. The van der Waals surface area contributed by atoms with Crippen LogP contribution in [-0.2, 0) is 5.41 Å². The van der Waals surface area contributed by atoms with Crippen molar-refractivity contribution >= 4 is 17.1 Å². The summed E-state index contributed by atoms with van der Waals surface area (Å²) < 4.78 is 2.38. The molecular weight excluding hydrogens is 600 g/mol. The number of hydrogen-bond donors (Lipinski definition) is 0. The van der Waals surface area contributed by atoms with Crippen molar-refractivity contribution in [2.75, 3.05) is 18.0 Å². The summed E-state index contributed by atoms with van der Waals surface area (Å²) in [6, 6.07) is 5.32. The summed E-state index contributed by atoms with van der Waals surface area (Å²) in [5.41, 5.74) is 5.35. The van der Waals surface area contributed by atoms with Crippen molar-refractivity contribution in [3.8, 4) is 0 Å². The predicted octanol–water partition coefficient (Wildman–Crippen LogP) is 10.2. The number of nitrogens with zero attached hydrogens (tertiary/aromatic N) is 4. The molecule has 2 aliphatic carbocycles. The number of non-ortho nitro benzene ring substituents is 1. The van der Waals surface area contributed by atoms with Crippen LogP contribution < -0.4 is 4.90 Å². The first-order valence-electron chi connectivity index (χ1n) is 18.2. The minimum atomic E-state index is -0.474. The zero-order valence-corrected chi connectivity index (χ0v) is 29.8. The molecule has 0 bridgehead atoms. The van der Waals surface area contributed by atoms with E-state index in [1.165, 1.54) is 64.2 Å². The first-order valence-corrected chi connectivity index (χ1v) is 18.2. The molecule has 8 heteroatoms. The minimum absolute atomic E-state index is 0.106. The molecule has 4 aliphatic rings. The number of fused-ring (bicyclic) bond motifs is 1. The van der Waals surface area contributed by atoms with Crippen LogP contribution in [0.15, 0.2) is 77.8 Å². The van der Waals surface area contributed by atoms with Crippen molar-refractivity contribution in [3.63, 3.8) is 0 Å². The fourth-order valence-electron chi connectivity index (χ4n) is 8.72. The zero-order chi connectivity index (χ0) is 34.6. The van der Waals surface area contributed by atoms with E-state index >= 15 is 0 Å². The van der Waals surface area contributed by atoms with Crippen molar-refractivity contribution in [2.24, 2.45) is 17.3 Å². The molecule has 0 radical (unpaired) electrons. The van der Waals surface area contributed by atoms with E-state index < -0.39 is 15.8 Å². The Kier molecular flexibility index (Phi) is 10.9. The fraction of sp³-hybridized carbons (Fsp3) is 0.575. The molecule has 0 spiro atoms. The SMILES string of the molecule is C=C(/C=C1\C(=C/C)[N+](CCC2CCCCC2)=C(C=CC=C2N(CCC3CCCCC3)c3ccc([N+](=O)[O-])cc3C2(C)C)C1(C)C)[N+](=O)[O-]. The van der Waals surface area contributed by atoms with Crippen molar-refractivity contribution in [2.45, 2.75) is 117 Å². The summed E-state index contributed by atoms with van der Waals surface area (Å²) in [6.45, 7) is 16.1. The highest BCUT2D eigenvalue weighted by atomic mass is 16.6. The molecule has 2 aliphatic heterocycles. The second-order valence-electron chi connectivity index (χ2n) is 15.4. The van der Waals surface area contributed by atoms with Gasteiger partial charge in [-0.25, -0.2) is 0 Å². The van der Waals surface area contributed by atoms with Gasteiger partial charge in [0.05, 0.1) is 15.3 Å². The van der Waals surface area contributed by atoms with Crippen LogP contribution in [0.2, 0.25) is 0 Å². The van der Waals surface area contributed by atoms with E-state index in [-0.39, 0.29) is 16.3 Å². The molecular formula is C40H55N4O4+. The Labute approximate surface area is 287 Å². The van der Waals surface area contributed by atoms with Gasteiger partial charge < -0.3 is 4.90 Å². The number of nitro groups is 2. The second kappa shape index (κ2) is 14.8. The molecule has 258 valence electrons. The quantitative estimate of drug-likeness (QED) is 0.134. The van der Waals surface area contributed by atoms with E-state index in [0.29, 0.717) is 11.8 Å². The van der Waals surface area contributed by atoms with E-state index in [2.05, 4.69) is 68.1 Å². The van der Waals surface area contributed by atoms with Gasteiger partial charge in [0, 0.05) is 59.6 Å². The summed E-state index contributed by atoms with van der Waals surface area (Å²) in [5.74, 6) is 1.42. The number of benzene rings is 1. The molecule has 0 N–H and O–H groups in total. The molecule has 2 saturated carbocycles.